The fourth-order valence-electron chi connectivity index (χ4n) is 3.22. The number of fused-ring (bicyclic) bond motifs is 3. The van der Waals surface area contributed by atoms with Crippen LogP contribution in [0, 0.1) is 5.21 Å². The summed E-state index contributed by atoms with van der Waals surface area (Å²) in [7, 11) is 0. The summed E-state index contributed by atoms with van der Waals surface area (Å²) in [6, 6.07) is 15.0. The number of rotatable bonds is 3. The van der Waals surface area contributed by atoms with Crippen molar-refractivity contribution in [3.63, 3.8) is 0 Å². The van der Waals surface area contributed by atoms with E-state index in [0.29, 0.717) is 22.6 Å². The van der Waals surface area contributed by atoms with E-state index in [1.807, 2.05) is 6.07 Å². The molecule has 2 unspecified atom stereocenters. The molecule has 1 aromatic heterocycles. The average Bonchev–Trinajstić information content (AvgIpc) is 3.11. The lowest BCUT2D eigenvalue weighted by atomic mass is 10.0. The minimum atomic E-state index is -0.695. The number of hydroxylamine groups is 1. The Kier molecular flexibility index (Phi) is 3.56. The van der Waals surface area contributed by atoms with Crippen molar-refractivity contribution in [3.8, 4) is 5.69 Å². The quantitative estimate of drug-likeness (QED) is 0.452. The van der Waals surface area contributed by atoms with Crippen LogP contribution in [0.25, 0.3) is 5.69 Å². The molecule has 0 spiro atoms. The number of Topliss-reactive ketones (excluding diaryl/α,β-unsaturated/α-hetero) is 2. The summed E-state index contributed by atoms with van der Waals surface area (Å²) in [5, 5.41) is 12.6. The van der Waals surface area contributed by atoms with E-state index < -0.39 is 17.6 Å². The molecule has 2 atom stereocenters. The first-order valence-corrected chi connectivity index (χ1v) is 7.94. The lowest BCUT2D eigenvalue weighted by Crippen LogP contribution is -3.03. The molecule has 0 saturated carbocycles. The third-order valence-corrected chi connectivity index (χ3v) is 4.49. The van der Waals surface area contributed by atoms with Gasteiger partial charge in [-0.3, -0.25) is 14.2 Å². The van der Waals surface area contributed by atoms with Crippen LogP contribution < -0.4 is 5.06 Å². The number of hydrogen-bond acceptors (Lipinski definition) is 4. The van der Waals surface area contributed by atoms with Crippen LogP contribution in [0.2, 0.25) is 0 Å². The Bertz CT molecular complexity index is 979. The Morgan fingerprint density at radius 2 is 1.72 bits per heavy atom. The zero-order valence-corrected chi connectivity index (χ0v) is 13.5. The molecule has 3 aromatic rings. The maximum absolute atomic E-state index is 12.7. The van der Waals surface area contributed by atoms with Crippen molar-refractivity contribution in [2.45, 2.75) is 13.0 Å². The maximum atomic E-state index is 12.7. The smallest absolute Gasteiger partial charge is 0.253 e. The van der Waals surface area contributed by atoms with Gasteiger partial charge < -0.3 is 10.3 Å². The molecule has 0 saturated heterocycles. The van der Waals surface area contributed by atoms with Crippen molar-refractivity contribution in [2.24, 2.45) is 0 Å². The highest BCUT2D eigenvalue weighted by atomic mass is 16.5. The van der Waals surface area contributed by atoms with Gasteiger partial charge in [0.2, 0.25) is 5.78 Å². The summed E-state index contributed by atoms with van der Waals surface area (Å²) in [5.41, 5.74) is 2.10. The van der Waals surface area contributed by atoms with Crippen molar-refractivity contribution >= 4 is 17.3 Å². The van der Waals surface area contributed by atoms with E-state index in [9.17, 15) is 14.8 Å². The molecular formula is C19H15N3O3. The van der Waals surface area contributed by atoms with Crippen LogP contribution in [0.5, 0.6) is 0 Å². The molecule has 0 amide bonds. The highest BCUT2D eigenvalue weighted by molar-refractivity contribution is 6.49. The van der Waals surface area contributed by atoms with E-state index in [4.69, 9.17) is 0 Å². The van der Waals surface area contributed by atoms with Gasteiger partial charge in [-0.05, 0) is 13.0 Å². The predicted molar refractivity (Wildman–Crippen MR) is 91.1 cm³/mol. The minimum Gasteiger partial charge on any atom is -0.628 e. The second-order valence-electron chi connectivity index (χ2n) is 5.98. The van der Waals surface area contributed by atoms with Gasteiger partial charge in [-0.25, -0.2) is 4.98 Å². The zero-order valence-electron chi connectivity index (χ0n) is 13.5. The van der Waals surface area contributed by atoms with E-state index in [-0.39, 0.29) is 10.8 Å². The Balaban J connectivity index is 1.82. The highest BCUT2D eigenvalue weighted by Crippen LogP contribution is 2.29. The Morgan fingerprint density at radius 1 is 1.04 bits per heavy atom. The van der Waals surface area contributed by atoms with Crippen molar-refractivity contribution in [1.82, 2.24) is 9.55 Å². The number of aromatic nitrogens is 2. The molecule has 2 heterocycles. The molecule has 124 valence electrons. The van der Waals surface area contributed by atoms with E-state index in [2.05, 4.69) is 4.98 Å². The number of hydrogen-bond donors (Lipinski definition) is 1. The standard InChI is InChI=1S/C19H15N3O3/c1-12-17-16(19(24)18(23)13-7-3-2-4-8-13)20-11-21(17)14-9-5-6-10-15(14)22(12)25/h2-12,22H,1H3. The molecule has 2 aromatic carbocycles. The fourth-order valence-corrected chi connectivity index (χ4v) is 3.22. The molecule has 0 fully saturated rings. The maximum Gasteiger partial charge on any atom is 0.253 e. The number of nitrogens with one attached hydrogen (secondary N) is 1. The van der Waals surface area contributed by atoms with Crippen LogP contribution in [-0.2, 0) is 0 Å². The summed E-state index contributed by atoms with van der Waals surface area (Å²) in [4.78, 5) is 29.4. The van der Waals surface area contributed by atoms with Crippen molar-refractivity contribution in [2.75, 3.05) is 0 Å². The first-order chi connectivity index (χ1) is 12.1. The van der Waals surface area contributed by atoms with Gasteiger partial charge in [-0.15, -0.1) is 0 Å². The van der Waals surface area contributed by atoms with Gasteiger partial charge >= 0.3 is 0 Å². The number of benzene rings is 2. The van der Waals surface area contributed by atoms with E-state index in [1.165, 1.54) is 6.33 Å². The second kappa shape index (κ2) is 5.77. The molecule has 25 heavy (non-hydrogen) atoms. The SMILES string of the molecule is CC1c2c(C(=O)C(=O)c3ccccc3)ncn2-c2ccccc2[NH+]1[O-]. The first kappa shape index (κ1) is 15.4. The second-order valence-corrected chi connectivity index (χ2v) is 5.98. The van der Waals surface area contributed by atoms with Gasteiger partial charge in [-0.2, -0.15) is 0 Å². The lowest BCUT2D eigenvalue weighted by molar-refractivity contribution is -0.813. The summed E-state index contributed by atoms with van der Waals surface area (Å²) < 4.78 is 1.73. The summed E-state index contributed by atoms with van der Waals surface area (Å²) in [6.45, 7) is 1.73. The number of quaternary nitrogens is 1. The molecule has 4 rings (SSSR count). The van der Waals surface area contributed by atoms with Crippen LogP contribution in [0.4, 0.5) is 5.69 Å². The van der Waals surface area contributed by atoms with Crippen molar-refractivity contribution in [3.05, 3.63) is 83.1 Å². The van der Waals surface area contributed by atoms with Crippen LogP contribution in [-0.4, -0.2) is 21.1 Å². The van der Waals surface area contributed by atoms with Gasteiger partial charge in [0.25, 0.3) is 5.78 Å². The molecule has 6 nitrogen and oxygen atoms in total. The molecule has 1 N–H and O–H groups in total. The summed E-state index contributed by atoms with van der Waals surface area (Å²) in [5.74, 6) is -1.32. The number of para-hydroxylation sites is 2. The average molecular weight is 333 g/mol. The Labute approximate surface area is 143 Å². The third-order valence-electron chi connectivity index (χ3n) is 4.49. The molecule has 0 bridgehead atoms. The number of nitrogens with zero attached hydrogens (tertiary/aromatic N) is 2. The third kappa shape index (κ3) is 2.31. The van der Waals surface area contributed by atoms with Crippen molar-refractivity contribution < 1.29 is 14.7 Å². The Hall–Kier alpha value is -3.09. The monoisotopic (exact) mass is 333 g/mol. The summed E-state index contributed by atoms with van der Waals surface area (Å²) in [6.07, 6.45) is 1.50. The first-order valence-electron chi connectivity index (χ1n) is 7.94. The van der Waals surface area contributed by atoms with E-state index >= 15 is 0 Å². The minimum absolute atomic E-state index is 0.0456. The van der Waals surface area contributed by atoms with Gasteiger partial charge in [0, 0.05) is 11.6 Å². The molecule has 6 heteroatoms. The number of carbonyl (C=O) groups is 2. The van der Waals surface area contributed by atoms with Gasteiger partial charge in [-0.1, -0.05) is 42.5 Å². The van der Waals surface area contributed by atoms with Gasteiger partial charge in [0.05, 0.1) is 0 Å². The van der Waals surface area contributed by atoms with Gasteiger partial charge in [0.15, 0.2) is 5.69 Å². The van der Waals surface area contributed by atoms with Crippen LogP contribution >= 0.6 is 0 Å². The normalized spacial score (nSPS) is 18.3. The van der Waals surface area contributed by atoms with Crippen LogP contribution in [0.15, 0.2) is 60.9 Å². The topological polar surface area (TPSA) is 79.5 Å². The largest absolute Gasteiger partial charge is 0.628 e. The highest BCUT2D eigenvalue weighted by Gasteiger charge is 2.35. The molecular weight excluding hydrogens is 318 g/mol. The molecule has 1 aliphatic rings. The zero-order chi connectivity index (χ0) is 17.6. The number of imidazole rings is 1. The predicted octanol–water partition coefficient (Wildman–Crippen LogP) is 2.03. The van der Waals surface area contributed by atoms with E-state index in [0.717, 1.165) is 0 Å². The summed E-state index contributed by atoms with van der Waals surface area (Å²) >= 11 is 0. The number of ketones is 2. The van der Waals surface area contributed by atoms with Crippen molar-refractivity contribution in [1.29, 1.82) is 0 Å². The van der Waals surface area contributed by atoms with Crippen LogP contribution in [0.3, 0.4) is 0 Å². The Morgan fingerprint density at radius 3 is 2.48 bits per heavy atom. The molecule has 1 aliphatic heterocycles. The molecule has 0 aliphatic carbocycles. The van der Waals surface area contributed by atoms with Gasteiger partial charge in [0.1, 0.15) is 29.4 Å². The van der Waals surface area contributed by atoms with Crippen LogP contribution in [0.1, 0.15) is 39.5 Å². The molecule has 0 radical (unpaired) electrons. The number of carbonyl (C=O) groups excluding carboxylic acids is 2. The lowest BCUT2D eigenvalue weighted by Gasteiger charge is -2.35. The van der Waals surface area contributed by atoms with E-state index in [1.54, 1.807) is 60.0 Å². The fraction of sp³-hybridized carbons (Fsp3) is 0.105.